The van der Waals surface area contributed by atoms with Gasteiger partial charge in [-0.15, -0.1) is 0 Å². The smallest absolute Gasteiger partial charge is 0.404 e. The van der Waals surface area contributed by atoms with Gasteiger partial charge < -0.3 is 16.6 Å². The summed E-state index contributed by atoms with van der Waals surface area (Å²) in [6.07, 6.45) is 5.60. The highest BCUT2D eigenvalue weighted by Gasteiger charge is 2.14. The van der Waals surface area contributed by atoms with Crippen molar-refractivity contribution in [2.75, 3.05) is 6.61 Å². The first-order valence-corrected chi connectivity index (χ1v) is 4.21. The van der Waals surface area contributed by atoms with Gasteiger partial charge in [-0.05, 0) is 12.3 Å². The zero-order valence-electron chi connectivity index (χ0n) is 7.42. The molecule has 0 unspecified atom stereocenters. The van der Waals surface area contributed by atoms with Crippen LogP contribution in [-0.4, -0.2) is 12.7 Å². The number of rotatable bonds is 3. The quantitative estimate of drug-likeness (QED) is 0.684. The van der Waals surface area contributed by atoms with Crippen molar-refractivity contribution < 1.29 is 9.53 Å². The van der Waals surface area contributed by atoms with Crippen LogP contribution in [0, 0.1) is 5.92 Å². The molecule has 4 heteroatoms. The van der Waals surface area contributed by atoms with E-state index in [2.05, 4.69) is 4.74 Å². The Morgan fingerprint density at radius 2 is 2.00 bits per heavy atom. The van der Waals surface area contributed by atoms with E-state index in [0.29, 0.717) is 6.61 Å². The van der Waals surface area contributed by atoms with Crippen LogP contribution in [-0.2, 0) is 4.74 Å². The molecule has 0 aromatic rings. The summed E-state index contributed by atoms with van der Waals surface area (Å²) < 4.78 is 4.64. The van der Waals surface area contributed by atoms with Crippen LogP contribution in [0.3, 0.4) is 0 Å². The second kappa shape index (κ2) is 5.83. The van der Waals surface area contributed by atoms with Gasteiger partial charge in [0, 0.05) is 0 Å². The van der Waals surface area contributed by atoms with Gasteiger partial charge in [0.25, 0.3) is 0 Å². The van der Waals surface area contributed by atoms with Crippen LogP contribution in [0.4, 0.5) is 4.79 Å². The highest BCUT2D eigenvalue weighted by atomic mass is 16.5. The standard InChI is InChI=1S/C8H15NO2.H3N/c9-8(10)11-6-5-7-3-1-2-4-7;/h7H,1-6H2,(H2,9,10);1H3. The Hall–Kier alpha value is -0.770. The summed E-state index contributed by atoms with van der Waals surface area (Å²) in [7, 11) is 0. The molecule has 1 rings (SSSR count). The van der Waals surface area contributed by atoms with Gasteiger partial charge in [-0.25, -0.2) is 4.79 Å². The molecule has 1 aliphatic rings. The second-order valence-electron chi connectivity index (χ2n) is 3.11. The zero-order valence-corrected chi connectivity index (χ0v) is 7.42. The van der Waals surface area contributed by atoms with E-state index < -0.39 is 6.09 Å². The lowest BCUT2D eigenvalue weighted by atomic mass is 10.1. The zero-order chi connectivity index (χ0) is 8.10. The third-order valence-electron chi connectivity index (χ3n) is 2.25. The Balaban J connectivity index is 0.00000121. The van der Waals surface area contributed by atoms with Crippen LogP contribution >= 0.6 is 0 Å². The van der Waals surface area contributed by atoms with Crippen molar-refractivity contribution in [2.24, 2.45) is 11.7 Å². The molecular formula is C8H18N2O2. The summed E-state index contributed by atoms with van der Waals surface area (Å²) in [5.41, 5.74) is 4.82. The Bertz CT molecular complexity index is 133. The molecule has 4 nitrogen and oxygen atoms in total. The monoisotopic (exact) mass is 174 g/mol. The third kappa shape index (κ3) is 4.18. The molecular weight excluding hydrogens is 156 g/mol. The van der Waals surface area contributed by atoms with Crippen LogP contribution in [0.25, 0.3) is 0 Å². The summed E-state index contributed by atoms with van der Waals surface area (Å²) in [6.45, 7) is 0.500. The van der Waals surface area contributed by atoms with Crippen molar-refractivity contribution in [3.63, 3.8) is 0 Å². The molecule has 0 spiro atoms. The van der Waals surface area contributed by atoms with Gasteiger partial charge in [-0.2, -0.15) is 0 Å². The van der Waals surface area contributed by atoms with Crippen LogP contribution < -0.4 is 11.9 Å². The van der Waals surface area contributed by atoms with E-state index in [4.69, 9.17) is 5.73 Å². The summed E-state index contributed by atoms with van der Waals surface area (Å²) >= 11 is 0. The molecule has 0 heterocycles. The summed E-state index contributed by atoms with van der Waals surface area (Å²) in [4.78, 5) is 10.2. The first-order valence-electron chi connectivity index (χ1n) is 4.21. The molecule has 0 aliphatic heterocycles. The molecule has 1 aliphatic carbocycles. The van der Waals surface area contributed by atoms with Crippen LogP contribution in [0.1, 0.15) is 32.1 Å². The highest BCUT2D eigenvalue weighted by molar-refractivity contribution is 5.64. The molecule has 0 aromatic heterocycles. The van der Waals surface area contributed by atoms with Gasteiger partial charge in [0.05, 0.1) is 6.61 Å². The van der Waals surface area contributed by atoms with Crippen molar-refractivity contribution in [1.29, 1.82) is 0 Å². The van der Waals surface area contributed by atoms with E-state index in [-0.39, 0.29) is 6.15 Å². The van der Waals surface area contributed by atoms with Crippen LogP contribution in [0.15, 0.2) is 0 Å². The predicted octanol–water partition coefficient (Wildman–Crippen LogP) is 1.82. The first-order chi connectivity index (χ1) is 5.29. The molecule has 1 saturated carbocycles. The van der Waals surface area contributed by atoms with Gasteiger partial charge in [-0.1, -0.05) is 25.7 Å². The van der Waals surface area contributed by atoms with E-state index in [9.17, 15) is 4.79 Å². The fraction of sp³-hybridized carbons (Fsp3) is 0.875. The number of ether oxygens (including phenoxy) is 1. The lowest BCUT2D eigenvalue weighted by Gasteiger charge is -2.07. The second-order valence-corrected chi connectivity index (χ2v) is 3.11. The maximum Gasteiger partial charge on any atom is 0.404 e. The molecule has 0 atom stereocenters. The minimum atomic E-state index is -0.650. The molecule has 1 fully saturated rings. The summed E-state index contributed by atoms with van der Waals surface area (Å²) in [5, 5.41) is 0. The van der Waals surface area contributed by atoms with Gasteiger partial charge in [0.15, 0.2) is 0 Å². The number of nitrogens with two attached hydrogens (primary N) is 1. The lowest BCUT2D eigenvalue weighted by Crippen LogP contribution is -2.14. The largest absolute Gasteiger partial charge is 0.450 e. The van der Waals surface area contributed by atoms with Gasteiger partial charge in [0.1, 0.15) is 0 Å². The molecule has 12 heavy (non-hydrogen) atoms. The Morgan fingerprint density at radius 1 is 1.42 bits per heavy atom. The fourth-order valence-corrected chi connectivity index (χ4v) is 1.63. The first kappa shape index (κ1) is 11.2. The maximum absolute atomic E-state index is 10.2. The molecule has 0 bridgehead atoms. The number of hydrogen-bond donors (Lipinski definition) is 2. The highest BCUT2D eigenvalue weighted by Crippen LogP contribution is 2.27. The summed E-state index contributed by atoms with van der Waals surface area (Å²) in [6, 6.07) is 0. The van der Waals surface area contributed by atoms with E-state index in [0.717, 1.165) is 12.3 Å². The molecule has 5 N–H and O–H groups in total. The lowest BCUT2D eigenvalue weighted by molar-refractivity contribution is 0.149. The SMILES string of the molecule is N.NC(=O)OCCC1CCCC1. The Labute approximate surface area is 73.0 Å². The number of hydrogen-bond acceptors (Lipinski definition) is 3. The predicted molar refractivity (Wildman–Crippen MR) is 47.1 cm³/mol. The Kier molecular flexibility index (Phi) is 5.45. The molecule has 72 valence electrons. The van der Waals surface area contributed by atoms with Crippen molar-refractivity contribution in [1.82, 2.24) is 6.15 Å². The van der Waals surface area contributed by atoms with Gasteiger partial charge in [-0.3, -0.25) is 0 Å². The molecule has 0 radical (unpaired) electrons. The van der Waals surface area contributed by atoms with Gasteiger partial charge >= 0.3 is 6.09 Å². The molecule has 1 amide bonds. The van der Waals surface area contributed by atoms with Crippen molar-refractivity contribution in [2.45, 2.75) is 32.1 Å². The number of primary amides is 1. The van der Waals surface area contributed by atoms with Crippen molar-refractivity contribution in [3.05, 3.63) is 0 Å². The van der Waals surface area contributed by atoms with Crippen LogP contribution in [0.5, 0.6) is 0 Å². The number of carbonyl (C=O) groups excluding carboxylic acids is 1. The molecule has 0 saturated heterocycles. The Morgan fingerprint density at radius 3 is 2.50 bits per heavy atom. The minimum Gasteiger partial charge on any atom is -0.450 e. The number of amides is 1. The number of carbonyl (C=O) groups is 1. The topological polar surface area (TPSA) is 87.3 Å². The molecule has 0 aromatic carbocycles. The van der Waals surface area contributed by atoms with E-state index >= 15 is 0 Å². The van der Waals surface area contributed by atoms with Crippen molar-refractivity contribution in [3.8, 4) is 0 Å². The van der Waals surface area contributed by atoms with Gasteiger partial charge in [0.2, 0.25) is 0 Å². The average Bonchev–Trinajstić information content (AvgIpc) is 2.39. The van der Waals surface area contributed by atoms with Crippen LogP contribution in [0.2, 0.25) is 0 Å². The van der Waals surface area contributed by atoms with E-state index in [1.807, 2.05) is 0 Å². The summed E-state index contributed by atoms with van der Waals surface area (Å²) in [5.74, 6) is 0.773. The third-order valence-corrected chi connectivity index (χ3v) is 2.25. The van der Waals surface area contributed by atoms with E-state index in [1.165, 1.54) is 25.7 Å². The van der Waals surface area contributed by atoms with Crippen molar-refractivity contribution >= 4 is 6.09 Å². The normalized spacial score (nSPS) is 17.0. The maximum atomic E-state index is 10.2. The fourth-order valence-electron chi connectivity index (χ4n) is 1.63. The average molecular weight is 174 g/mol. The minimum absolute atomic E-state index is 0. The van der Waals surface area contributed by atoms with E-state index in [1.54, 1.807) is 0 Å².